The minimum atomic E-state index is -4.41. The Morgan fingerprint density at radius 1 is 1.43 bits per heavy atom. The van der Waals surface area contributed by atoms with Crippen LogP contribution in [0.5, 0.6) is 0 Å². The van der Waals surface area contributed by atoms with Crippen molar-refractivity contribution in [3.05, 3.63) is 24.2 Å². The lowest BCUT2D eigenvalue weighted by molar-refractivity contribution is -0.152. The maximum absolute atomic E-state index is 12.5. The predicted molar refractivity (Wildman–Crippen MR) is 46.3 cm³/mol. The van der Waals surface area contributed by atoms with E-state index < -0.39 is 12.2 Å². The topological polar surface area (TPSA) is 25.5 Å². The molecule has 5 heteroatoms. The Balaban J connectivity index is 3.01. The number of hydrogen-bond donors (Lipinski definition) is 0. The molecular formula is C9H10F3NO. The molecule has 1 aromatic rings. The van der Waals surface area contributed by atoms with Crippen LogP contribution in [0.4, 0.5) is 13.2 Å². The summed E-state index contributed by atoms with van der Waals surface area (Å²) in [4.78, 5) is 3.49. The first-order valence-corrected chi connectivity index (χ1v) is 4.02. The third-order valence-electron chi connectivity index (χ3n) is 1.51. The van der Waals surface area contributed by atoms with E-state index in [0.717, 1.165) is 0 Å². The molecule has 0 amide bonds. The van der Waals surface area contributed by atoms with Gasteiger partial charge in [0.2, 0.25) is 6.04 Å². The van der Waals surface area contributed by atoms with Gasteiger partial charge < -0.3 is 4.42 Å². The summed E-state index contributed by atoms with van der Waals surface area (Å²) in [6.07, 6.45) is -3.20. The lowest BCUT2D eigenvalue weighted by Gasteiger charge is -2.14. The van der Waals surface area contributed by atoms with Gasteiger partial charge in [0, 0.05) is 5.71 Å². The molecular weight excluding hydrogens is 195 g/mol. The molecule has 0 N–H and O–H groups in total. The summed E-state index contributed by atoms with van der Waals surface area (Å²) >= 11 is 0. The second kappa shape index (κ2) is 3.86. The molecule has 0 aliphatic carbocycles. The zero-order chi connectivity index (χ0) is 10.8. The number of alkyl halides is 3. The van der Waals surface area contributed by atoms with Crippen molar-refractivity contribution in [2.75, 3.05) is 0 Å². The smallest absolute Gasteiger partial charge is 0.418 e. The van der Waals surface area contributed by atoms with Crippen molar-refractivity contribution in [1.29, 1.82) is 0 Å². The summed E-state index contributed by atoms with van der Waals surface area (Å²) in [7, 11) is 0. The van der Waals surface area contributed by atoms with Crippen LogP contribution >= 0.6 is 0 Å². The van der Waals surface area contributed by atoms with E-state index in [9.17, 15) is 13.2 Å². The molecule has 1 atom stereocenters. The molecule has 1 rings (SSSR count). The molecule has 0 unspecified atom stereocenters. The van der Waals surface area contributed by atoms with Crippen molar-refractivity contribution in [2.24, 2.45) is 4.99 Å². The van der Waals surface area contributed by atoms with Crippen LogP contribution in [0.2, 0.25) is 0 Å². The predicted octanol–water partition coefficient (Wildman–Crippen LogP) is 3.36. The number of rotatable bonds is 2. The summed E-state index contributed by atoms with van der Waals surface area (Å²) in [5.41, 5.74) is 0.365. The van der Waals surface area contributed by atoms with E-state index in [1.54, 1.807) is 0 Å². The van der Waals surface area contributed by atoms with Crippen LogP contribution in [0.15, 0.2) is 27.8 Å². The minimum absolute atomic E-state index is 0.182. The van der Waals surface area contributed by atoms with Gasteiger partial charge in [-0.2, -0.15) is 13.2 Å². The Labute approximate surface area is 79.4 Å². The summed E-state index contributed by atoms with van der Waals surface area (Å²) in [6, 6.07) is 0.793. The van der Waals surface area contributed by atoms with Crippen molar-refractivity contribution in [2.45, 2.75) is 26.1 Å². The lowest BCUT2D eigenvalue weighted by Crippen LogP contribution is -2.19. The van der Waals surface area contributed by atoms with E-state index in [2.05, 4.69) is 4.99 Å². The second-order valence-electron chi connectivity index (χ2n) is 3.04. The fourth-order valence-corrected chi connectivity index (χ4v) is 1.00. The van der Waals surface area contributed by atoms with Crippen LogP contribution in [-0.4, -0.2) is 11.9 Å². The molecule has 1 aromatic heterocycles. The Hall–Kier alpha value is -1.26. The number of nitrogens with zero attached hydrogens (tertiary/aromatic N) is 1. The maximum atomic E-state index is 12.5. The molecule has 0 saturated carbocycles. The first-order valence-electron chi connectivity index (χ1n) is 4.02. The largest absolute Gasteiger partial charge is 0.467 e. The molecule has 0 radical (unpaired) electrons. The Morgan fingerprint density at radius 2 is 2.07 bits per heavy atom. The Bertz CT molecular complexity index is 309. The number of hydrogen-bond acceptors (Lipinski definition) is 2. The molecule has 0 aliphatic heterocycles. The van der Waals surface area contributed by atoms with E-state index in [4.69, 9.17) is 4.42 Å². The summed E-state index contributed by atoms with van der Waals surface area (Å²) < 4.78 is 42.1. The van der Waals surface area contributed by atoms with Crippen molar-refractivity contribution in [3.63, 3.8) is 0 Å². The maximum Gasteiger partial charge on any atom is 0.418 e. The normalized spacial score (nSPS) is 13.8. The Morgan fingerprint density at radius 3 is 2.43 bits per heavy atom. The first-order chi connectivity index (χ1) is 6.41. The van der Waals surface area contributed by atoms with Crippen LogP contribution in [0.25, 0.3) is 0 Å². The van der Waals surface area contributed by atoms with Gasteiger partial charge >= 0.3 is 6.18 Å². The Kier molecular flexibility index (Phi) is 2.98. The summed E-state index contributed by atoms with van der Waals surface area (Å²) in [5.74, 6) is -0.182. The van der Waals surface area contributed by atoms with Gasteiger partial charge in [-0.1, -0.05) is 0 Å². The second-order valence-corrected chi connectivity index (χ2v) is 3.04. The van der Waals surface area contributed by atoms with E-state index in [0.29, 0.717) is 5.71 Å². The highest BCUT2D eigenvalue weighted by atomic mass is 19.4. The van der Waals surface area contributed by atoms with Crippen molar-refractivity contribution in [3.8, 4) is 0 Å². The highest BCUT2D eigenvalue weighted by Crippen LogP contribution is 2.36. The van der Waals surface area contributed by atoms with Crippen LogP contribution < -0.4 is 0 Å². The molecule has 1 heterocycles. The molecule has 0 fully saturated rings. The zero-order valence-electron chi connectivity index (χ0n) is 7.80. The lowest BCUT2D eigenvalue weighted by atomic mass is 10.2. The van der Waals surface area contributed by atoms with Gasteiger partial charge in [-0.05, 0) is 26.0 Å². The summed E-state index contributed by atoms with van der Waals surface area (Å²) in [5, 5.41) is 0. The number of halogens is 3. The van der Waals surface area contributed by atoms with E-state index in [1.165, 1.54) is 32.2 Å². The highest BCUT2D eigenvalue weighted by molar-refractivity contribution is 5.79. The molecule has 0 bridgehead atoms. The third-order valence-corrected chi connectivity index (χ3v) is 1.51. The van der Waals surface area contributed by atoms with Crippen LogP contribution in [-0.2, 0) is 0 Å². The molecule has 0 saturated heterocycles. The van der Waals surface area contributed by atoms with Gasteiger partial charge in [0.05, 0.1) is 6.26 Å². The fraction of sp³-hybridized carbons (Fsp3) is 0.444. The van der Waals surface area contributed by atoms with Crippen molar-refractivity contribution >= 4 is 5.71 Å². The van der Waals surface area contributed by atoms with Gasteiger partial charge in [-0.25, -0.2) is 0 Å². The quantitative estimate of drug-likeness (QED) is 0.679. The van der Waals surface area contributed by atoms with Crippen LogP contribution in [0, 0.1) is 0 Å². The van der Waals surface area contributed by atoms with E-state index in [-0.39, 0.29) is 5.76 Å². The number of aliphatic imine (C=N–C) groups is 1. The number of furan rings is 1. The average molecular weight is 205 g/mol. The van der Waals surface area contributed by atoms with Gasteiger partial charge in [-0.15, -0.1) is 0 Å². The first kappa shape index (κ1) is 10.8. The van der Waals surface area contributed by atoms with Crippen molar-refractivity contribution in [1.82, 2.24) is 0 Å². The molecule has 78 valence electrons. The third kappa shape index (κ3) is 2.61. The SMILES string of the molecule is CC(C)=N[C@@H](c1ccco1)C(F)(F)F. The molecule has 0 aliphatic rings. The highest BCUT2D eigenvalue weighted by Gasteiger charge is 2.42. The summed E-state index contributed by atoms with van der Waals surface area (Å²) in [6.45, 7) is 3.03. The van der Waals surface area contributed by atoms with E-state index >= 15 is 0 Å². The molecule has 0 aromatic carbocycles. The van der Waals surface area contributed by atoms with Gasteiger partial charge in [0.25, 0.3) is 0 Å². The van der Waals surface area contributed by atoms with Gasteiger partial charge in [0.1, 0.15) is 5.76 Å². The monoisotopic (exact) mass is 205 g/mol. The van der Waals surface area contributed by atoms with Crippen LogP contribution in [0.3, 0.4) is 0 Å². The van der Waals surface area contributed by atoms with Crippen LogP contribution in [0.1, 0.15) is 25.6 Å². The zero-order valence-corrected chi connectivity index (χ0v) is 7.80. The van der Waals surface area contributed by atoms with Crippen molar-refractivity contribution < 1.29 is 17.6 Å². The molecule has 0 spiro atoms. The minimum Gasteiger partial charge on any atom is -0.467 e. The molecule has 14 heavy (non-hydrogen) atoms. The van der Waals surface area contributed by atoms with Gasteiger partial charge in [-0.3, -0.25) is 4.99 Å². The fourth-order valence-electron chi connectivity index (χ4n) is 1.00. The van der Waals surface area contributed by atoms with E-state index in [1.807, 2.05) is 0 Å². The standard InChI is InChI=1S/C9H10F3NO/c1-6(2)13-8(9(10,11)12)7-4-3-5-14-7/h3-5,8H,1-2H3/t8-/m0/s1. The molecule has 2 nitrogen and oxygen atoms in total. The van der Waals surface area contributed by atoms with Gasteiger partial charge in [0.15, 0.2) is 0 Å². The average Bonchev–Trinajstić information content (AvgIpc) is 2.49.